The van der Waals surface area contributed by atoms with Crippen LogP contribution in [-0.2, 0) is 19.4 Å². The number of rotatable bonds is 1. The summed E-state index contributed by atoms with van der Waals surface area (Å²) < 4.78 is 22.7. The van der Waals surface area contributed by atoms with Gasteiger partial charge in [0.2, 0.25) is 5.91 Å². The third kappa shape index (κ3) is 2.03. The van der Waals surface area contributed by atoms with Gasteiger partial charge in [-0.05, 0) is 0 Å². The number of amides is 1. The summed E-state index contributed by atoms with van der Waals surface area (Å²) in [6, 6.07) is 0. The van der Waals surface area contributed by atoms with Gasteiger partial charge in [0, 0.05) is 20.0 Å². The number of sulfone groups is 1. The van der Waals surface area contributed by atoms with Crippen LogP contribution in [0.25, 0.3) is 0 Å². The molecule has 1 unspecified atom stereocenters. The SMILES string of the molecule is CN1CC(C(=O)O)S(=O)(=O)CCC1=O. The van der Waals surface area contributed by atoms with E-state index in [-0.39, 0.29) is 24.6 Å². The molecule has 1 heterocycles. The van der Waals surface area contributed by atoms with Gasteiger partial charge in [-0.25, -0.2) is 8.42 Å². The second kappa shape index (κ2) is 3.56. The largest absolute Gasteiger partial charge is 0.480 e. The molecule has 80 valence electrons. The summed E-state index contributed by atoms with van der Waals surface area (Å²) in [5.74, 6) is -2.11. The van der Waals surface area contributed by atoms with E-state index in [2.05, 4.69) is 0 Å². The summed E-state index contributed by atoms with van der Waals surface area (Å²) in [7, 11) is -2.29. The number of nitrogens with zero attached hydrogens (tertiary/aromatic N) is 1. The van der Waals surface area contributed by atoms with Crippen LogP contribution >= 0.6 is 0 Å². The lowest BCUT2D eigenvalue weighted by molar-refractivity contribution is -0.137. The summed E-state index contributed by atoms with van der Waals surface area (Å²) in [6.07, 6.45) is -0.136. The smallest absolute Gasteiger partial charge is 0.323 e. The van der Waals surface area contributed by atoms with Crippen molar-refractivity contribution in [1.29, 1.82) is 0 Å². The Bertz CT molecular complexity index is 360. The molecular formula is C7H11NO5S. The van der Waals surface area contributed by atoms with E-state index in [1.807, 2.05) is 0 Å². The van der Waals surface area contributed by atoms with Crippen LogP contribution < -0.4 is 0 Å². The van der Waals surface area contributed by atoms with Crippen LogP contribution in [0.1, 0.15) is 6.42 Å². The highest BCUT2D eigenvalue weighted by Gasteiger charge is 2.37. The Hall–Kier alpha value is -1.11. The first kappa shape index (κ1) is 11.0. The third-order valence-corrected chi connectivity index (χ3v) is 4.17. The molecule has 1 rings (SSSR count). The van der Waals surface area contributed by atoms with E-state index in [1.165, 1.54) is 7.05 Å². The Labute approximate surface area is 81.4 Å². The predicted molar refractivity (Wildman–Crippen MR) is 47.5 cm³/mol. The Morgan fingerprint density at radius 3 is 2.64 bits per heavy atom. The zero-order chi connectivity index (χ0) is 10.9. The van der Waals surface area contributed by atoms with Gasteiger partial charge in [-0.2, -0.15) is 0 Å². The Balaban J connectivity index is 3.02. The average Bonchev–Trinajstić information content (AvgIpc) is 2.16. The number of carbonyl (C=O) groups excluding carboxylic acids is 1. The minimum absolute atomic E-state index is 0.136. The van der Waals surface area contributed by atoms with Crippen molar-refractivity contribution in [1.82, 2.24) is 4.90 Å². The fraction of sp³-hybridized carbons (Fsp3) is 0.714. The van der Waals surface area contributed by atoms with Crippen LogP contribution in [0.3, 0.4) is 0 Å². The maximum atomic E-state index is 11.4. The lowest BCUT2D eigenvalue weighted by Gasteiger charge is -2.16. The van der Waals surface area contributed by atoms with Crippen LogP contribution in [0.5, 0.6) is 0 Å². The lowest BCUT2D eigenvalue weighted by atomic mass is 10.3. The van der Waals surface area contributed by atoms with E-state index in [4.69, 9.17) is 5.11 Å². The van der Waals surface area contributed by atoms with Crippen molar-refractivity contribution in [2.45, 2.75) is 11.7 Å². The third-order valence-electron chi connectivity index (χ3n) is 2.17. The molecule has 0 bridgehead atoms. The molecule has 1 saturated heterocycles. The van der Waals surface area contributed by atoms with Crippen molar-refractivity contribution in [3.8, 4) is 0 Å². The molecule has 0 aromatic heterocycles. The summed E-state index contributed by atoms with van der Waals surface area (Å²) >= 11 is 0. The molecule has 1 fully saturated rings. The molecule has 1 aliphatic heterocycles. The van der Waals surface area contributed by atoms with Gasteiger partial charge < -0.3 is 10.0 Å². The second-order valence-electron chi connectivity index (χ2n) is 3.22. The molecule has 1 N–H and O–H groups in total. The molecular weight excluding hydrogens is 210 g/mol. The first-order valence-corrected chi connectivity index (χ1v) is 5.74. The molecule has 7 heteroatoms. The standard InChI is InChI=1S/C7H11NO5S/c1-8-4-5(7(10)11)14(12,13)3-2-6(8)9/h5H,2-4H2,1H3,(H,10,11). The molecule has 0 spiro atoms. The van der Waals surface area contributed by atoms with Gasteiger partial charge in [-0.15, -0.1) is 0 Å². The van der Waals surface area contributed by atoms with Gasteiger partial charge in [0.15, 0.2) is 15.1 Å². The monoisotopic (exact) mass is 221 g/mol. The summed E-state index contributed by atoms with van der Waals surface area (Å²) in [6.45, 7) is -0.267. The van der Waals surface area contributed by atoms with Gasteiger partial charge in [0.05, 0.1) is 5.75 Å². The van der Waals surface area contributed by atoms with E-state index >= 15 is 0 Å². The fourth-order valence-electron chi connectivity index (χ4n) is 1.26. The van der Waals surface area contributed by atoms with Gasteiger partial charge in [0.1, 0.15) is 0 Å². The molecule has 14 heavy (non-hydrogen) atoms. The molecule has 0 aromatic carbocycles. The van der Waals surface area contributed by atoms with E-state index in [1.54, 1.807) is 0 Å². The zero-order valence-electron chi connectivity index (χ0n) is 7.63. The molecule has 1 atom stereocenters. The van der Waals surface area contributed by atoms with Crippen molar-refractivity contribution in [3.63, 3.8) is 0 Å². The van der Waals surface area contributed by atoms with Crippen molar-refractivity contribution >= 4 is 21.7 Å². The minimum Gasteiger partial charge on any atom is -0.480 e. The molecule has 0 radical (unpaired) electrons. The van der Waals surface area contributed by atoms with Crippen molar-refractivity contribution in [3.05, 3.63) is 0 Å². The number of hydrogen-bond acceptors (Lipinski definition) is 4. The minimum atomic E-state index is -3.69. The van der Waals surface area contributed by atoms with Crippen LogP contribution in [0, 0.1) is 0 Å². The average molecular weight is 221 g/mol. The Morgan fingerprint density at radius 2 is 2.14 bits per heavy atom. The van der Waals surface area contributed by atoms with E-state index in [0.29, 0.717) is 0 Å². The maximum Gasteiger partial charge on any atom is 0.323 e. The molecule has 0 aromatic rings. The first-order valence-electron chi connectivity index (χ1n) is 4.03. The van der Waals surface area contributed by atoms with Crippen LogP contribution in [0.4, 0.5) is 0 Å². The summed E-state index contributed by atoms with van der Waals surface area (Å²) in [5.41, 5.74) is 0. The van der Waals surface area contributed by atoms with Gasteiger partial charge >= 0.3 is 5.97 Å². The summed E-state index contributed by atoms with van der Waals surface area (Å²) in [5, 5.41) is 7.20. The molecule has 1 aliphatic rings. The first-order chi connectivity index (χ1) is 6.34. The molecule has 0 saturated carbocycles. The highest BCUT2D eigenvalue weighted by atomic mass is 32.2. The molecule has 0 aliphatic carbocycles. The normalized spacial score (nSPS) is 27.1. The predicted octanol–water partition coefficient (Wildman–Crippen LogP) is -1.28. The second-order valence-corrected chi connectivity index (χ2v) is 5.52. The number of aliphatic carboxylic acids is 1. The van der Waals surface area contributed by atoms with Crippen molar-refractivity contribution in [2.75, 3.05) is 19.3 Å². The van der Waals surface area contributed by atoms with Crippen molar-refractivity contribution in [2.24, 2.45) is 0 Å². The molecule has 1 amide bonds. The Kier molecular flexibility index (Phi) is 2.79. The lowest BCUT2D eigenvalue weighted by Crippen LogP contribution is -2.39. The fourth-order valence-corrected chi connectivity index (χ4v) is 2.76. The van der Waals surface area contributed by atoms with Crippen LogP contribution in [0.15, 0.2) is 0 Å². The van der Waals surface area contributed by atoms with Gasteiger partial charge in [0.25, 0.3) is 0 Å². The topological polar surface area (TPSA) is 91.8 Å². The van der Waals surface area contributed by atoms with Crippen molar-refractivity contribution < 1.29 is 23.1 Å². The molecule has 6 nitrogen and oxygen atoms in total. The van der Waals surface area contributed by atoms with Gasteiger partial charge in [-0.1, -0.05) is 0 Å². The number of carboxylic acid groups (broad SMARTS) is 1. The maximum absolute atomic E-state index is 11.4. The van der Waals surface area contributed by atoms with Gasteiger partial charge in [-0.3, -0.25) is 9.59 Å². The highest BCUT2D eigenvalue weighted by molar-refractivity contribution is 7.92. The summed E-state index contributed by atoms with van der Waals surface area (Å²) in [4.78, 5) is 22.9. The van der Waals surface area contributed by atoms with E-state index in [0.717, 1.165) is 4.90 Å². The van der Waals surface area contributed by atoms with Crippen LogP contribution in [0.2, 0.25) is 0 Å². The number of carbonyl (C=O) groups is 2. The zero-order valence-corrected chi connectivity index (χ0v) is 8.45. The number of hydrogen-bond donors (Lipinski definition) is 1. The quantitative estimate of drug-likeness (QED) is 0.595. The Morgan fingerprint density at radius 1 is 1.57 bits per heavy atom. The highest BCUT2D eigenvalue weighted by Crippen LogP contribution is 2.12. The van der Waals surface area contributed by atoms with E-state index in [9.17, 15) is 18.0 Å². The van der Waals surface area contributed by atoms with E-state index < -0.39 is 21.1 Å². The number of carboxylic acids is 1. The van der Waals surface area contributed by atoms with Crippen LogP contribution in [-0.4, -0.2) is 54.9 Å².